The van der Waals surface area contributed by atoms with Crippen molar-refractivity contribution in [1.29, 1.82) is 0 Å². The Morgan fingerprint density at radius 1 is 1.24 bits per heavy atom. The molecule has 0 aliphatic carbocycles. The van der Waals surface area contributed by atoms with Crippen LogP contribution in [0.15, 0.2) is 52.1 Å². The van der Waals surface area contributed by atoms with E-state index in [-0.39, 0.29) is 12.5 Å². The molecule has 0 bridgehead atoms. The number of carbonyl (C=O) groups excluding carboxylic acids is 1. The molecule has 0 atom stereocenters. The number of oxime groups is 1. The average Bonchev–Trinajstić information content (AvgIpc) is 2.60. The fraction of sp³-hybridized carbons (Fsp3) is 0.222. The third-order valence-corrected chi connectivity index (χ3v) is 3.56. The van der Waals surface area contributed by atoms with Gasteiger partial charge in [0.05, 0.1) is 19.9 Å². The van der Waals surface area contributed by atoms with Crippen LogP contribution in [0.4, 0.5) is 5.69 Å². The molecular formula is C18H19BrN2O4. The van der Waals surface area contributed by atoms with Gasteiger partial charge in [0.15, 0.2) is 18.1 Å². The van der Waals surface area contributed by atoms with Crippen LogP contribution in [0.2, 0.25) is 0 Å². The summed E-state index contributed by atoms with van der Waals surface area (Å²) in [5.74, 6) is 0.981. The Morgan fingerprint density at radius 2 is 2.08 bits per heavy atom. The minimum atomic E-state index is -0.292. The molecule has 0 unspecified atom stereocenters. The third kappa shape index (κ3) is 6.11. The smallest absolute Gasteiger partial charge is 0.265 e. The van der Waals surface area contributed by atoms with Crippen molar-refractivity contribution in [2.75, 3.05) is 25.6 Å². The number of rotatable bonds is 8. The standard InChI is InChI=1S/C18H19BrN2O4/c1-3-24-16-8-7-13(9-17(16)23-2)11-20-25-12-18(22)21-15-6-4-5-14(19)10-15/h4-11H,3,12H2,1-2H3,(H,21,22)/b20-11-. The van der Waals surface area contributed by atoms with E-state index in [0.717, 1.165) is 10.0 Å². The van der Waals surface area contributed by atoms with Crippen LogP contribution < -0.4 is 14.8 Å². The molecule has 0 spiro atoms. The molecule has 132 valence electrons. The van der Waals surface area contributed by atoms with Gasteiger partial charge < -0.3 is 19.6 Å². The van der Waals surface area contributed by atoms with Crippen molar-refractivity contribution in [3.05, 3.63) is 52.5 Å². The van der Waals surface area contributed by atoms with E-state index in [9.17, 15) is 4.79 Å². The van der Waals surface area contributed by atoms with Crippen molar-refractivity contribution in [2.45, 2.75) is 6.92 Å². The average molecular weight is 407 g/mol. The first-order valence-electron chi connectivity index (χ1n) is 7.64. The molecule has 0 aliphatic heterocycles. The summed E-state index contributed by atoms with van der Waals surface area (Å²) in [4.78, 5) is 16.8. The fourth-order valence-electron chi connectivity index (χ4n) is 2.00. The van der Waals surface area contributed by atoms with E-state index in [2.05, 4.69) is 26.4 Å². The number of amides is 1. The molecule has 2 rings (SSSR count). The van der Waals surface area contributed by atoms with Gasteiger partial charge in [-0.1, -0.05) is 27.2 Å². The van der Waals surface area contributed by atoms with Gasteiger partial charge in [0.25, 0.3) is 5.91 Å². The summed E-state index contributed by atoms with van der Waals surface area (Å²) < 4.78 is 11.6. The predicted octanol–water partition coefficient (Wildman–Crippen LogP) is 3.85. The van der Waals surface area contributed by atoms with Crippen molar-refractivity contribution in [3.8, 4) is 11.5 Å². The number of hydrogen-bond acceptors (Lipinski definition) is 5. The summed E-state index contributed by atoms with van der Waals surface area (Å²) in [5, 5.41) is 6.52. The molecule has 1 N–H and O–H groups in total. The van der Waals surface area contributed by atoms with Gasteiger partial charge in [-0.05, 0) is 43.3 Å². The van der Waals surface area contributed by atoms with Gasteiger partial charge >= 0.3 is 0 Å². The summed E-state index contributed by atoms with van der Waals surface area (Å²) in [6.07, 6.45) is 1.50. The van der Waals surface area contributed by atoms with Crippen LogP contribution in [0, 0.1) is 0 Å². The van der Waals surface area contributed by atoms with Crippen LogP contribution >= 0.6 is 15.9 Å². The first-order chi connectivity index (χ1) is 12.1. The van der Waals surface area contributed by atoms with E-state index in [1.54, 1.807) is 31.4 Å². The number of anilines is 1. The molecule has 25 heavy (non-hydrogen) atoms. The number of methoxy groups -OCH3 is 1. The van der Waals surface area contributed by atoms with Crippen molar-refractivity contribution in [1.82, 2.24) is 0 Å². The normalized spacial score (nSPS) is 10.5. The Kier molecular flexibility index (Phi) is 7.28. The highest BCUT2D eigenvalue weighted by Crippen LogP contribution is 2.27. The number of carbonyl (C=O) groups is 1. The molecule has 0 saturated carbocycles. The maximum absolute atomic E-state index is 11.8. The quantitative estimate of drug-likeness (QED) is 0.533. The monoisotopic (exact) mass is 406 g/mol. The van der Waals surface area contributed by atoms with E-state index >= 15 is 0 Å². The molecule has 7 heteroatoms. The van der Waals surface area contributed by atoms with Gasteiger partial charge in [-0.25, -0.2) is 0 Å². The Balaban J connectivity index is 1.85. The number of ether oxygens (including phenoxy) is 2. The van der Waals surface area contributed by atoms with Gasteiger partial charge in [0, 0.05) is 15.7 Å². The zero-order valence-corrected chi connectivity index (χ0v) is 15.6. The summed E-state index contributed by atoms with van der Waals surface area (Å²) in [6.45, 7) is 2.28. The predicted molar refractivity (Wildman–Crippen MR) is 100 cm³/mol. The Labute approximate surface area is 154 Å². The zero-order valence-electron chi connectivity index (χ0n) is 14.0. The topological polar surface area (TPSA) is 69.2 Å². The third-order valence-electron chi connectivity index (χ3n) is 3.07. The first kappa shape index (κ1) is 18.8. The molecule has 2 aromatic rings. The molecule has 0 heterocycles. The fourth-order valence-corrected chi connectivity index (χ4v) is 2.40. The van der Waals surface area contributed by atoms with E-state index in [1.807, 2.05) is 25.1 Å². The Bertz CT molecular complexity index is 750. The lowest BCUT2D eigenvalue weighted by Gasteiger charge is -2.09. The molecule has 1 amide bonds. The molecular weight excluding hydrogens is 388 g/mol. The van der Waals surface area contributed by atoms with Crippen LogP contribution in [0.3, 0.4) is 0 Å². The minimum absolute atomic E-state index is 0.183. The van der Waals surface area contributed by atoms with Crippen LogP contribution in [0.5, 0.6) is 11.5 Å². The van der Waals surface area contributed by atoms with Gasteiger partial charge in [-0.15, -0.1) is 0 Å². The molecule has 0 fully saturated rings. The SMILES string of the molecule is CCOc1ccc(/C=N\OCC(=O)Nc2cccc(Br)c2)cc1OC. The summed E-state index contributed by atoms with van der Waals surface area (Å²) in [7, 11) is 1.57. The van der Waals surface area contributed by atoms with Gasteiger partial charge in [-0.3, -0.25) is 4.79 Å². The molecule has 0 aliphatic rings. The molecule has 6 nitrogen and oxygen atoms in total. The highest BCUT2D eigenvalue weighted by molar-refractivity contribution is 9.10. The maximum atomic E-state index is 11.8. The largest absolute Gasteiger partial charge is 0.493 e. The Hall–Kier alpha value is -2.54. The summed E-state index contributed by atoms with van der Waals surface area (Å²) in [5.41, 5.74) is 1.45. The highest BCUT2D eigenvalue weighted by Gasteiger charge is 2.05. The first-order valence-corrected chi connectivity index (χ1v) is 8.43. The number of hydrogen-bond donors (Lipinski definition) is 1. The minimum Gasteiger partial charge on any atom is -0.493 e. The molecule has 0 aromatic heterocycles. The Morgan fingerprint density at radius 3 is 2.80 bits per heavy atom. The highest BCUT2D eigenvalue weighted by atomic mass is 79.9. The van der Waals surface area contributed by atoms with Crippen molar-refractivity contribution in [2.24, 2.45) is 5.16 Å². The van der Waals surface area contributed by atoms with Crippen LogP contribution in [-0.4, -0.2) is 32.4 Å². The van der Waals surface area contributed by atoms with Gasteiger partial charge in [0.1, 0.15) is 0 Å². The number of benzene rings is 2. The van der Waals surface area contributed by atoms with Crippen molar-refractivity contribution in [3.63, 3.8) is 0 Å². The van der Waals surface area contributed by atoms with E-state index in [1.165, 1.54) is 6.21 Å². The van der Waals surface area contributed by atoms with Crippen LogP contribution in [0.1, 0.15) is 12.5 Å². The second-order valence-corrected chi connectivity index (χ2v) is 5.83. The maximum Gasteiger partial charge on any atom is 0.265 e. The van der Waals surface area contributed by atoms with Crippen molar-refractivity contribution < 1.29 is 19.1 Å². The van der Waals surface area contributed by atoms with Crippen molar-refractivity contribution >= 4 is 33.7 Å². The summed E-state index contributed by atoms with van der Waals surface area (Å²) in [6, 6.07) is 12.7. The molecule has 0 saturated heterocycles. The molecule has 0 radical (unpaired) electrons. The van der Waals surface area contributed by atoms with E-state index in [0.29, 0.717) is 23.8 Å². The summed E-state index contributed by atoms with van der Waals surface area (Å²) >= 11 is 3.34. The second kappa shape index (κ2) is 9.68. The van der Waals surface area contributed by atoms with Gasteiger partial charge in [0.2, 0.25) is 0 Å². The lowest BCUT2D eigenvalue weighted by molar-refractivity contribution is -0.120. The number of nitrogens with zero attached hydrogens (tertiary/aromatic N) is 1. The van der Waals surface area contributed by atoms with E-state index < -0.39 is 0 Å². The molecule has 2 aromatic carbocycles. The van der Waals surface area contributed by atoms with E-state index in [4.69, 9.17) is 14.3 Å². The lowest BCUT2D eigenvalue weighted by atomic mass is 10.2. The zero-order chi connectivity index (χ0) is 18.1. The second-order valence-electron chi connectivity index (χ2n) is 4.91. The van der Waals surface area contributed by atoms with Crippen LogP contribution in [-0.2, 0) is 9.63 Å². The number of halogens is 1. The van der Waals surface area contributed by atoms with Crippen LogP contribution in [0.25, 0.3) is 0 Å². The van der Waals surface area contributed by atoms with Gasteiger partial charge in [-0.2, -0.15) is 0 Å². The number of nitrogens with one attached hydrogen (secondary N) is 1. The lowest BCUT2D eigenvalue weighted by Crippen LogP contribution is -2.16.